The molecule has 1 N–H and O–H groups in total. The fourth-order valence-corrected chi connectivity index (χ4v) is 2.49. The molecule has 0 bridgehead atoms. The Labute approximate surface area is 128 Å². The first-order chi connectivity index (χ1) is 10.5. The number of nitrogens with zero attached hydrogens (tertiary/aromatic N) is 3. The third-order valence-electron chi connectivity index (χ3n) is 3.81. The summed E-state index contributed by atoms with van der Waals surface area (Å²) in [4.78, 5) is 27.0. The zero-order valence-electron chi connectivity index (χ0n) is 13.0. The van der Waals surface area contributed by atoms with E-state index in [1.165, 1.54) is 26.3 Å². The lowest BCUT2D eigenvalue weighted by Gasteiger charge is -2.34. The van der Waals surface area contributed by atoms with Crippen LogP contribution in [0.1, 0.15) is 10.4 Å². The Morgan fingerprint density at radius 3 is 2.45 bits per heavy atom. The summed E-state index contributed by atoms with van der Waals surface area (Å²) in [5.74, 6) is -0.205. The SMILES string of the molecule is CNC(=O)c1cc(OC)c([N+](=O)[O-])cc1N1CCN(C)CC1. The number of nitrogens with one attached hydrogen (secondary N) is 1. The van der Waals surface area contributed by atoms with Crippen LogP contribution in [0.4, 0.5) is 11.4 Å². The molecule has 1 aliphatic rings. The van der Waals surface area contributed by atoms with E-state index in [0.29, 0.717) is 24.3 Å². The second-order valence-corrected chi connectivity index (χ2v) is 5.17. The van der Waals surface area contributed by atoms with E-state index in [1.807, 2.05) is 11.9 Å². The first-order valence-electron chi connectivity index (χ1n) is 7.00. The van der Waals surface area contributed by atoms with Gasteiger partial charge in [0.1, 0.15) is 0 Å². The van der Waals surface area contributed by atoms with Crippen LogP contribution < -0.4 is 15.0 Å². The quantitative estimate of drug-likeness (QED) is 0.651. The Hall–Kier alpha value is -2.35. The van der Waals surface area contributed by atoms with Gasteiger partial charge in [-0.15, -0.1) is 0 Å². The van der Waals surface area contributed by atoms with Crippen LogP contribution >= 0.6 is 0 Å². The Balaban J connectivity index is 2.50. The van der Waals surface area contributed by atoms with Crippen molar-refractivity contribution < 1.29 is 14.5 Å². The summed E-state index contributed by atoms with van der Waals surface area (Å²) in [5, 5.41) is 13.8. The van der Waals surface area contributed by atoms with E-state index in [2.05, 4.69) is 10.2 Å². The van der Waals surface area contributed by atoms with Crippen molar-refractivity contribution in [3.8, 4) is 5.75 Å². The van der Waals surface area contributed by atoms with E-state index >= 15 is 0 Å². The van der Waals surface area contributed by atoms with Gasteiger partial charge in [-0.25, -0.2) is 0 Å². The molecule has 1 fully saturated rings. The van der Waals surface area contributed by atoms with E-state index in [4.69, 9.17) is 4.74 Å². The van der Waals surface area contributed by atoms with Crippen LogP contribution in [0.25, 0.3) is 0 Å². The Kier molecular flexibility index (Phi) is 4.81. The van der Waals surface area contributed by atoms with Crippen molar-refractivity contribution in [1.82, 2.24) is 10.2 Å². The highest BCUT2D eigenvalue weighted by atomic mass is 16.6. The van der Waals surface area contributed by atoms with E-state index in [9.17, 15) is 14.9 Å². The highest BCUT2D eigenvalue weighted by Crippen LogP contribution is 2.35. The van der Waals surface area contributed by atoms with Crippen molar-refractivity contribution in [3.63, 3.8) is 0 Å². The van der Waals surface area contributed by atoms with E-state index < -0.39 is 4.92 Å². The highest BCUT2D eigenvalue weighted by Gasteiger charge is 2.26. The average molecular weight is 308 g/mol. The van der Waals surface area contributed by atoms with E-state index in [0.717, 1.165) is 13.1 Å². The minimum atomic E-state index is -0.494. The zero-order chi connectivity index (χ0) is 16.3. The summed E-state index contributed by atoms with van der Waals surface area (Å²) >= 11 is 0. The van der Waals surface area contributed by atoms with Gasteiger partial charge in [0.15, 0.2) is 5.75 Å². The molecule has 1 amide bonds. The summed E-state index contributed by atoms with van der Waals surface area (Å²) < 4.78 is 5.05. The van der Waals surface area contributed by atoms with Crippen molar-refractivity contribution in [1.29, 1.82) is 0 Å². The molecular weight excluding hydrogens is 288 g/mol. The molecule has 0 saturated carbocycles. The average Bonchev–Trinajstić information content (AvgIpc) is 2.53. The lowest BCUT2D eigenvalue weighted by molar-refractivity contribution is -0.385. The molecule has 1 aromatic carbocycles. The number of piperazine rings is 1. The van der Waals surface area contributed by atoms with Gasteiger partial charge in [0.2, 0.25) is 0 Å². The lowest BCUT2D eigenvalue weighted by atomic mass is 10.1. The second-order valence-electron chi connectivity index (χ2n) is 5.17. The number of hydrogen-bond donors (Lipinski definition) is 1. The largest absolute Gasteiger partial charge is 0.490 e. The molecule has 8 heteroatoms. The third kappa shape index (κ3) is 3.11. The monoisotopic (exact) mass is 308 g/mol. The number of benzene rings is 1. The molecule has 1 saturated heterocycles. The molecule has 0 spiro atoms. The summed E-state index contributed by atoms with van der Waals surface area (Å²) in [7, 11) is 4.91. The number of carbonyl (C=O) groups excluding carboxylic acids is 1. The molecule has 8 nitrogen and oxygen atoms in total. The predicted molar refractivity (Wildman–Crippen MR) is 82.7 cm³/mol. The van der Waals surface area contributed by atoms with Crippen molar-refractivity contribution in [2.45, 2.75) is 0 Å². The van der Waals surface area contributed by atoms with Crippen LogP contribution in [0.3, 0.4) is 0 Å². The minimum Gasteiger partial charge on any atom is -0.490 e. The lowest BCUT2D eigenvalue weighted by Crippen LogP contribution is -2.45. The fourth-order valence-electron chi connectivity index (χ4n) is 2.49. The maximum atomic E-state index is 12.1. The van der Waals surface area contributed by atoms with Crippen LogP contribution in [-0.2, 0) is 0 Å². The summed E-state index contributed by atoms with van der Waals surface area (Å²) in [6.45, 7) is 3.11. The molecule has 22 heavy (non-hydrogen) atoms. The first kappa shape index (κ1) is 16.0. The van der Waals surface area contributed by atoms with Crippen LogP contribution in [0.5, 0.6) is 5.75 Å². The molecule has 1 aromatic rings. The number of nitro benzene ring substituents is 1. The van der Waals surface area contributed by atoms with Gasteiger partial charge in [-0.05, 0) is 7.05 Å². The van der Waals surface area contributed by atoms with Gasteiger partial charge in [-0.3, -0.25) is 14.9 Å². The number of carbonyl (C=O) groups is 1. The van der Waals surface area contributed by atoms with Crippen LogP contribution in [0.2, 0.25) is 0 Å². The first-order valence-corrected chi connectivity index (χ1v) is 7.00. The standard InChI is InChI=1S/C14H20N4O4/c1-15-14(19)10-8-13(22-3)12(18(20)21)9-11(10)17-6-4-16(2)5-7-17/h8-9H,4-7H2,1-3H3,(H,15,19). The highest BCUT2D eigenvalue weighted by molar-refractivity contribution is 6.01. The Morgan fingerprint density at radius 1 is 1.32 bits per heavy atom. The van der Waals surface area contributed by atoms with Gasteiger partial charge in [0, 0.05) is 45.4 Å². The molecule has 0 radical (unpaired) electrons. The topological polar surface area (TPSA) is 87.9 Å². The molecule has 120 valence electrons. The Bertz CT molecular complexity index is 582. The number of rotatable bonds is 4. The smallest absolute Gasteiger partial charge is 0.313 e. The van der Waals surface area contributed by atoms with Crippen molar-refractivity contribution >= 4 is 17.3 Å². The van der Waals surface area contributed by atoms with Gasteiger partial charge < -0.3 is 19.9 Å². The van der Waals surface area contributed by atoms with E-state index in [-0.39, 0.29) is 17.3 Å². The molecule has 1 aliphatic heterocycles. The maximum absolute atomic E-state index is 12.1. The number of methoxy groups -OCH3 is 1. The number of anilines is 1. The molecule has 0 atom stereocenters. The van der Waals surface area contributed by atoms with Crippen molar-refractivity contribution in [2.24, 2.45) is 0 Å². The number of nitro groups is 1. The number of likely N-dealkylation sites (N-methyl/N-ethyl adjacent to an activating group) is 1. The summed E-state index contributed by atoms with van der Waals surface area (Å²) in [5.41, 5.74) is 0.818. The normalized spacial score (nSPS) is 15.5. The van der Waals surface area contributed by atoms with Crippen LogP contribution in [0.15, 0.2) is 12.1 Å². The molecule has 1 heterocycles. The predicted octanol–water partition coefficient (Wildman–Crippen LogP) is 0.715. The van der Waals surface area contributed by atoms with E-state index in [1.54, 1.807) is 0 Å². The number of ether oxygens (including phenoxy) is 1. The van der Waals surface area contributed by atoms with Crippen LogP contribution in [-0.4, -0.2) is 63.1 Å². The Morgan fingerprint density at radius 2 is 1.95 bits per heavy atom. The third-order valence-corrected chi connectivity index (χ3v) is 3.81. The number of hydrogen-bond acceptors (Lipinski definition) is 6. The molecular formula is C14H20N4O4. The van der Waals surface area contributed by atoms with Gasteiger partial charge in [-0.1, -0.05) is 0 Å². The fraction of sp³-hybridized carbons (Fsp3) is 0.500. The summed E-state index contributed by atoms with van der Waals surface area (Å²) in [6, 6.07) is 2.86. The molecule has 0 aliphatic carbocycles. The van der Waals surface area contributed by atoms with Crippen molar-refractivity contribution in [3.05, 3.63) is 27.8 Å². The van der Waals surface area contributed by atoms with Gasteiger partial charge in [0.25, 0.3) is 5.91 Å². The van der Waals surface area contributed by atoms with Gasteiger partial charge >= 0.3 is 5.69 Å². The molecule has 2 rings (SSSR count). The minimum absolute atomic E-state index is 0.0847. The zero-order valence-corrected chi connectivity index (χ0v) is 13.0. The maximum Gasteiger partial charge on any atom is 0.313 e. The molecule has 0 unspecified atom stereocenters. The summed E-state index contributed by atoms with van der Waals surface area (Å²) in [6.07, 6.45) is 0. The van der Waals surface area contributed by atoms with Crippen LogP contribution in [0, 0.1) is 10.1 Å². The number of amides is 1. The molecule has 0 aromatic heterocycles. The van der Waals surface area contributed by atoms with Crippen molar-refractivity contribution in [2.75, 3.05) is 52.3 Å². The second kappa shape index (κ2) is 6.61. The van der Waals surface area contributed by atoms with Gasteiger partial charge in [0.05, 0.1) is 23.3 Å². The van der Waals surface area contributed by atoms with Gasteiger partial charge in [-0.2, -0.15) is 0 Å².